The predicted octanol–water partition coefficient (Wildman–Crippen LogP) is 2.79. The van der Waals surface area contributed by atoms with E-state index in [1.165, 1.54) is 16.5 Å². The first kappa shape index (κ1) is 13.1. The van der Waals surface area contributed by atoms with Crippen molar-refractivity contribution in [1.29, 1.82) is 0 Å². The van der Waals surface area contributed by atoms with Crippen LogP contribution in [0.4, 0.5) is 0 Å². The highest BCUT2D eigenvalue weighted by atomic mass is 16.5. The van der Waals surface area contributed by atoms with Crippen LogP contribution in [0.25, 0.3) is 10.9 Å². The Morgan fingerprint density at radius 3 is 2.83 bits per heavy atom. The van der Waals surface area contributed by atoms with E-state index >= 15 is 0 Å². The molecular weight excluding hydrogens is 224 g/mol. The summed E-state index contributed by atoms with van der Waals surface area (Å²) in [6, 6.07) is 8.62. The van der Waals surface area contributed by atoms with Crippen LogP contribution in [0.3, 0.4) is 0 Å². The van der Waals surface area contributed by atoms with Crippen molar-refractivity contribution in [2.24, 2.45) is 0 Å². The molecule has 0 fully saturated rings. The number of aryl methyl sites for hydroxylation is 1. The zero-order valence-electron chi connectivity index (χ0n) is 11.3. The van der Waals surface area contributed by atoms with Crippen molar-refractivity contribution in [2.75, 3.05) is 20.8 Å². The molecular formula is C15H22N2O. The monoisotopic (exact) mass is 246 g/mol. The lowest BCUT2D eigenvalue weighted by molar-refractivity contribution is 0.191. The molecule has 1 aromatic carbocycles. The third kappa shape index (κ3) is 2.92. The molecule has 2 aromatic rings. The van der Waals surface area contributed by atoms with Crippen LogP contribution < -0.4 is 5.32 Å². The van der Waals surface area contributed by atoms with Crippen LogP contribution in [-0.2, 0) is 17.8 Å². The van der Waals surface area contributed by atoms with Gasteiger partial charge in [0.2, 0.25) is 0 Å². The first-order chi connectivity index (χ1) is 8.86. The smallest absolute Gasteiger partial charge is 0.0483 e. The van der Waals surface area contributed by atoms with Crippen LogP contribution in [0.5, 0.6) is 0 Å². The molecule has 18 heavy (non-hydrogen) atoms. The average Bonchev–Trinajstić information content (AvgIpc) is 2.74. The molecule has 0 radical (unpaired) electrons. The number of methoxy groups -OCH3 is 1. The Kier molecular flexibility index (Phi) is 4.79. The third-order valence-corrected chi connectivity index (χ3v) is 3.24. The number of ether oxygens (including phenoxy) is 1. The highest BCUT2D eigenvalue weighted by Crippen LogP contribution is 2.21. The topological polar surface area (TPSA) is 26.2 Å². The highest BCUT2D eigenvalue weighted by molar-refractivity contribution is 5.83. The Labute approximate surface area is 109 Å². The Balaban J connectivity index is 2.16. The lowest BCUT2D eigenvalue weighted by Crippen LogP contribution is -2.04. The number of unbranched alkanes of at least 4 members (excludes halogenated alkanes) is 1. The van der Waals surface area contributed by atoms with Crippen LogP contribution in [0.15, 0.2) is 30.5 Å². The van der Waals surface area contributed by atoms with E-state index in [2.05, 4.69) is 40.3 Å². The molecule has 0 saturated heterocycles. The molecule has 0 aliphatic carbocycles. The molecule has 0 spiro atoms. The molecule has 1 N–H and O–H groups in total. The minimum absolute atomic E-state index is 0.850. The van der Waals surface area contributed by atoms with Crippen LogP contribution in [0.2, 0.25) is 0 Å². The van der Waals surface area contributed by atoms with E-state index in [0.717, 1.165) is 32.5 Å². The van der Waals surface area contributed by atoms with Crippen molar-refractivity contribution >= 4 is 10.9 Å². The van der Waals surface area contributed by atoms with E-state index in [1.54, 1.807) is 7.11 Å². The number of nitrogens with zero attached hydrogens (tertiary/aromatic N) is 1. The number of hydrogen-bond acceptors (Lipinski definition) is 2. The minimum Gasteiger partial charge on any atom is -0.385 e. The standard InChI is InChI=1S/C15H22N2O/c1-16-11-13-12-17(9-5-6-10-18-2)15-8-4-3-7-14(13)15/h3-4,7-8,12,16H,5-6,9-11H2,1-2H3. The molecule has 0 unspecified atom stereocenters. The van der Waals surface area contributed by atoms with Gasteiger partial charge in [-0.3, -0.25) is 0 Å². The quantitative estimate of drug-likeness (QED) is 0.760. The fourth-order valence-electron chi connectivity index (χ4n) is 2.37. The summed E-state index contributed by atoms with van der Waals surface area (Å²) in [7, 11) is 3.75. The second-order valence-corrected chi connectivity index (χ2v) is 4.60. The van der Waals surface area contributed by atoms with Gasteiger partial charge in [-0.05, 0) is 31.5 Å². The van der Waals surface area contributed by atoms with Gasteiger partial charge in [-0.1, -0.05) is 18.2 Å². The molecule has 1 aromatic heterocycles. The molecule has 0 atom stereocenters. The van der Waals surface area contributed by atoms with Crippen LogP contribution >= 0.6 is 0 Å². The summed E-state index contributed by atoms with van der Waals surface area (Å²) in [5.41, 5.74) is 2.71. The van der Waals surface area contributed by atoms with Crippen LogP contribution in [0.1, 0.15) is 18.4 Å². The Hall–Kier alpha value is -1.32. The molecule has 3 nitrogen and oxygen atoms in total. The Morgan fingerprint density at radius 1 is 1.22 bits per heavy atom. The lowest BCUT2D eigenvalue weighted by Gasteiger charge is -2.04. The van der Waals surface area contributed by atoms with Gasteiger partial charge in [-0.15, -0.1) is 0 Å². The zero-order valence-corrected chi connectivity index (χ0v) is 11.3. The molecule has 1 heterocycles. The maximum absolute atomic E-state index is 5.09. The number of hydrogen-bond donors (Lipinski definition) is 1. The molecule has 0 aliphatic rings. The number of aromatic nitrogens is 1. The summed E-state index contributed by atoms with van der Waals surface area (Å²) in [5.74, 6) is 0. The molecule has 98 valence electrons. The largest absolute Gasteiger partial charge is 0.385 e. The third-order valence-electron chi connectivity index (χ3n) is 3.24. The summed E-state index contributed by atoms with van der Waals surface area (Å²) in [4.78, 5) is 0. The van der Waals surface area contributed by atoms with Gasteiger partial charge in [-0.2, -0.15) is 0 Å². The van der Waals surface area contributed by atoms with E-state index in [4.69, 9.17) is 4.74 Å². The SMILES string of the molecule is CNCc1cn(CCCCOC)c2ccccc12. The molecule has 0 amide bonds. The number of nitrogens with one attached hydrogen (secondary N) is 1. The summed E-state index contributed by atoms with van der Waals surface area (Å²) in [6.45, 7) is 2.84. The average molecular weight is 246 g/mol. The van der Waals surface area contributed by atoms with Crippen molar-refractivity contribution in [3.8, 4) is 0 Å². The fourth-order valence-corrected chi connectivity index (χ4v) is 2.37. The Morgan fingerprint density at radius 2 is 2.06 bits per heavy atom. The summed E-state index contributed by atoms with van der Waals surface area (Å²) < 4.78 is 7.45. The molecule has 2 rings (SSSR count). The van der Waals surface area contributed by atoms with Gasteiger partial charge in [0, 0.05) is 43.9 Å². The van der Waals surface area contributed by atoms with Gasteiger partial charge in [0.1, 0.15) is 0 Å². The first-order valence-corrected chi connectivity index (χ1v) is 6.57. The number of rotatable bonds is 7. The van der Waals surface area contributed by atoms with Crippen molar-refractivity contribution in [1.82, 2.24) is 9.88 Å². The van der Waals surface area contributed by atoms with E-state index in [9.17, 15) is 0 Å². The van der Waals surface area contributed by atoms with Crippen molar-refractivity contribution in [3.63, 3.8) is 0 Å². The van der Waals surface area contributed by atoms with E-state index < -0.39 is 0 Å². The number of para-hydroxylation sites is 1. The fraction of sp³-hybridized carbons (Fsp3) is 0.467. The van der Waals surface area contributed by atoms with E-state index in [-0.39, 0.29) is 0 Å². The van der Waals surface area contributed by atoms with E-state index in [1.807, 2.05) is 7.05 Å². The summed E-state index contributed by atoms with van der Waals surface area (Å²) >= 11 is 0. The van der Waals surface area contributed by atoms with Gasteiger partial charge < -0.3 is 14.6 Å². The van der Waals surface area contributed by atoms with Gasteiger partial charge in [0.05, 0.1) is 0 Å². The van der Waals surface area contributed by atoms with Crippen molar-refractivity contribution in [2.45, 2.75) is 25.9 Å². The molecule has 0 bridgehead atoms. The van der Waals surface area contributed by atoms with Crippen molar-refractivity contribution in [3.05, 3.63) is 36.0 Å². The van der Waals surface area contributed by atoms with Gasteiger partial charge in [0.15, 0.2) is 0 Å². The van der Waals surface area contributed by atoms with Gasteiger partial charge >= 0.3 is 0 Å². The zero-order chi connectivity index (χ0) is 12.8. The Bertz CT molecular complexity index is 490. The first-order valence-electron chi connectivity index (χ1n) is 6.57. The molecule has 3 heteroatoms. The van der Waals surface area contributed by atoms with Crippen LogP contribution in [-0.4, -0.2) is 25.3 Å². The van der Waals surface area contributed by atoms with Gasteiger partial charge in [-0.25, -0.2) is 0 Å². The van der Waals surface area contributed by atoms with Gasteiger partial charge in [0.25, 0.3) is 0 Å². The summed E-state index contributed by atoms with van der Waals surface area (Å²) in [6.07, 6.45) is 4.55. The predicted molar refractivity (Wildman–Crippen MR) is 75.8 cm³/mol. The number of benzene rings is 1. The highest BCUT2D eigenvalue weighted by Gasteiger charge is 2.06. The minimum atomic E-state index is 0.850. The second kappa shape index (κ2) is 6.57. The van der Waals surface area contributed by atoms with Crippen LogP contribution in [0, 0.1) is 0 Å². The second-order valence-electron chi connectivity index (χ2n) is 4.60. The maximum Gasteiger partial charge on any atom is 0.0483 e. The van der Waals surface area contributed by atoms with E-state index in [0.29, 0.717) is 0 Å². The lowest BCUT2D eigenvalue weighted by atomic mass is 10.2. The normalized spacial score (nSPS) is 11.2. The number of fused-ring (bicyclic) bond motifs is 1. The molecule has 0 aliphatic heterocycles. The van der Waals surface area contributed by atoms with Crippen molar-refractivity contribution < 1.29 is 4.74 Å². The summed E-state index contributed by atoms with van der Waals surface area (Å²) in [5, 5.41) is 4.59. The molecule has 0 saturated carbocycles. The maximum atomic E-state index is 5.09.